The van der Waals surface area contributed by atoms with E-state index in [4.69, 9.17) is 0 Å². The van der Waals surface area contributed by atoms with E-state index < -0.39 is 0 Å². The molecule has 1 heteroatoms. The summed E-state index contributed by atoms with van der Waals surface area (Å²) in [6.07, 6.45) is 12.6. The normalized spacial score (nSPS) is 12.5. The summed E-state index contributed by atoms with van der Waals surface area (Å²) in [5.74, 6) is 0. The summed E-state index contributed by atoms with van der Waals surface area (Å²) < 4.78 is 0. The van der Waals surface area contributed by atoms with E-state index in [2.05, 4.69) is 42.3 Å². The van der Waals surface area contributed by atoms with Gasteiger partial charge in [0.1, 0.15) is 0 Å². The Bertz CT molecular complexity index is 362. The van der Waals surface area contributed by atoms with Crippen molar-refractivity contribution in [2.24, 2.45) is 0 Å². The van der Waals surface area contributed by atoms with Crippen molar-refractivity contribution >= 4 is 12.2 Å². The van der Waals surface area contributed by atoms with Gasteiger partial charge in [0.25, 0.3) is 0 Å². The van der Waals surface area contributed by atoms with Crippen molar-refractivity contribution in [2.75, 3.05) is 0 Å². The average Bonchev–Trinajstić information content (AvgIpc) is 2.56. The Morgan fingerprint density at radius 3 is 2.67 bits per heavy atom. The second-order valence-corrected chi connectivity index (χ2v) is 3.15. The van der Waals surface area contributed by atoms with Crippen LogP contribution in [0.5, 0.6) is 0 Å². The Morgan fingerprint density at radius 1 is 1.20 bits per heavy atom. The van der Waals surface area contributed by atoms with E-state index in [0.717, 1.165) is 12.8 Å². The quantitative estimate of drug-likeness (QED) is 0.666. The number of rotatable bonds is 1. The fourth-order valence-electron chi connectivity index (χ4n) is 1.61. The molecule has 2 rings (SSSR count). The maximum Gasteiger partial charge on any atom is 0.0479 e. The molecule has 1 heterocycles. The molecule has 0 bridgehead atoms. The second-order valence-electron chi connectivity index (χ2n) is 3.15. The van der Waals surface area contributed by atoms with Crippen molar-refractivity contribution in [3.05, 3.63) is 41.2 Å². The first-order valence-electron chi connectivity index (χ1n) is 5.72. The van der Waals surface area contributed by atoms with Gasteiger partial charge in [-0.25, -0.2) is 0 Å². The summed E-state index contributed by atoms with van der Waals surface area (Å²) in [6, 6.07) is 2.07. The third kappa shape index (κ3) is 2.79. The van der Waals surface area contributed by atoms with E-state index in [-0.39, 0.29) is 0 Å². The van der Waals surface area contributed by atoms with Gasteiger partial charge >= 0.3 is 0 Å². The van der Waals surface area contributed by atoms with Crippen molar-refractivity contribution in [2.45, 2.75) is 33.6 Å². The van der Waals surface area contributed by atoms with Crippen LogP contribution in [0.4, 0.5) is 0 Å². The van der Waals surface area contributed by atoms with Gasteiger partial charge in [0.05, 0.1) is 0 Å². The smallest absolute Gasteiger partial charge is 0.0479 e. The Hall–Kier alpha value is -1.37. The van der Waals surface area contributed by atoms with Crippen LogP contribution in [-0.2, 0) is 6.42 Å². The number of hydrogen-bond donors (Lipinski definition) is 0. The first-order valence-corrected chi connectivity index (χ1v) is 5.72. The first-order chi connectivity index (χ1) is 7.42. The van der Waals surface area contributed by atoms with Gasteiger partial charge < -0.3 is 0 Å². The predicted molar refractivity (Wildman–Crippen MR) is 67.6 cm³/mol. The zero-order valence-corrected chi connectivity index (χ0v) is 9.83. The molecule has 0 radical (unpaired) electrons. The number of allylic oxidation sites excluding steroid dienone is 2. The van der Waals surface area contributed by atoms with E-state index in [1.54, 1.807) is 0 Å². The summed E-state index contributed by atoms with van der Waals surface area (Å²) in [7, 11) is 0. The first kappa shape index (κ1) is 11.7. The number of aryl methyl sites for hydroxylation is 1. The molecule has 1 nitrogen and oxygen atoms in total. The minimum Gasteiger partial charge on any atom is -0.261 e. The molecular formula is C14H19N. The van der Waals surface area contributed by atoms with Gasteiger partial charge in [-0.1, -0.05) is 45.1 Å². The number of nitrogens with zero attached hydrogens (tertiary/aromatic N) is 1. The van der Waals surface area contributed by atoms with E-state index in [9.17, 15) is 0 Å². The molecule has 80 valence electrons. The molecule has 0 saturated carbocycles. The summed E-state index contributed by atoms with van der Waals surface area (Å²) in [6.45, 7) is 6.14. The van der Waals surface area contributed by atoms with Crippen molar-refractivity contribution in [3.8, 4) is 0 Å². The molecule has 15 heavy (non-hydrogen) atoms. The Balaban J connectivity index is 0.000000531. The molecule has 0 N–H and O–H groups in total. The molecule has 1 aromatic heterocycles. The Labute approximate surface area is 92.6 Å². The predicted octanol–water partition coefficient (Wildman–Crippen LogP) is 4.10. The highest BCUT2D eigenvalue weighted by atomic mass is 14.7. The fourth-order valence-corrected chi connectivity index (χ4v) is 1.61. The SMILES string of the molecule is CC.CCc1nccc2c1C=CCC=C2. The fraction of sp³-hybridized carbons (Fsp3) is 0.357. The van der Waals surface area contributed by atoms with Gasteiger partial charge in [0.2, 0.25) is 0 Å². The molecule has 1 aliphatic rings. The van der Waals surface area contributed by atoms with Gasteiger partial charge in [-0.05, 0) is 24.5 Å². The minimum atomic E-state index is 1.00. The molecule has 0 aromatic carbocycles. The second kappa shape index (κ2) is 6.18. The van der Waals surface area contributed by atoms with Gasteiger partial charge in [0, 0.05) is 17.5 Å². The maximum atomic E-state index is 4.37. The minimum absolute atomic E-state index is 1.00. The molecule has 0 spiro atoms. The summed E-state index contributed by atoms with van der Waals surface area (Å²) in [5, 5.41) is 0. The highest BCUT2D eigenvalue weighted by Gasteiger charge is 2.04. The van der Waals surface area contributed by atoms with Crippen LogP contribution >= 0.6 is 0 Å². The van der Waals surface area contributed by atoms with Crippen LogP contribution in [0, 0.1) is 0 Å². The van der Waals surface area contributed by atoms with Gasteiger partial charge in [-0.2, -0.15) is 0 Å². The van der Waals surface area contributed by atoms with Crippen molar-refractivity contribution in [1.82, 2.24) is 4.98 Å². The van der Waals surface area contributed by atoms with Crippen molar-refractivity contribution in [1.29, 1.82) is 0 Å². The van der Waals surface area contributed by atoms with E-state index in [0.29, 0.717) is 0 Å². The standard InChI is InChI=1S/C12H13N.C2H6/c1-2-12-11-7-5-3-4-6-10(11)8-9-13-12;1-2/h4-9H,2-3H2,1H3;1-2H3. The lowest BCUT2D eigenvalue weighted by atomic mass is 10.1. The Morgan fingerprint density at radius 2 is 1.93 bits per heavy atom. The summed E-state index contributed by atoms with van der Waals surface area (Å²) in [4.78, 5) is 4.37. The number of aromatic nitrogens is 1. The molecule has 1 aliphatic carbocycles. The lowest BCUT2D eigenvalue weighted by Crippen LogP contribution is -1.93. The highest BCUT2D eigenvalue weighted by molar-refractivity contribution is 5.68. The van der Waals surface area contributed by atoms with Crippen LogP contribution in [0.2, 0.25) is 0 Å². The molecule has 1 aromatic rings. The summed E-state index contributed by atoms with van der Waals surface area (Å²) >= 11 is 0. The molecule has 0 unspecified atom stereocenters. The van der Waals surface area contributed by atoms with E-state index in [1.807, 2.05) is 20.0 Å². The molecule has 0 amide bonds. The largest absolute Gasteiger partial charge is 0.261 e. The van der Waals surface area contributed by atoms with Crippen molar-refractivity contribution < 1.29 is 0 Å². The van der Waals surface area contributed by atoms with Crippen LogP contribution in [0.3, 0.4) is 0 Å². The highest BCUT2D eigenvalue weighted by Crippen LogP contribution is 2.19. The monoisotopic (exact) mass is 201 g/mol. The molecule has 0 aliphatic heterocycles. The lowest BCUT2D eigenvalue weighted by Gasteiger charge is -2.04. The van der Waals surface area contributed by atoms with Crippen molar-refractivity contribution in [3.63, 3.8) is 0 Å². The molecular weight excluding hydrogens is 182 g/mol. The third-order valence-electron chi connectivity index (χ3n) is 2.30. The average molecular weight is 201 g/mol. The van der Waals surface area contributed by atoms with Gasteiger partial charge in [-0.15, -0.1) is 0 Å². The lowest BCUT2D eigenvalue weighted by molar-refractivity contribution is 1.03. The maximum absolute atomic E-state index is 4.37. The van der Waals surface area contributed by atoms with Crippen LogP contribution in [0.1, 0.15) is 44.0 Å². The van der Waals surface area contributed by atoms with Gasteiger partial charge in [0.15, 0.2) is 0 Å². The summed E-state index contributed by atoms with van der Waals surface area (Å²) in [5.41, 5.74) is 3.78. The van der Waals surface area contributed by atoms with Crippen LogP contribution in [0.15, 0.2) is 24.4 Å². The molecule has 0 fully saturated rings. The van der Waals surface area contributed by atoms with Gasteiger partial charge in [-0.3, -0.25) is 4.98 Å². The molecule has 0 saturated heterocycles. The number of pyridine rings is 1. The topological polar surface area (TPSA) is 12.9 Å². The van der Waals surface area contributed by atoms with Crippen LogP contribution in [-0.4, -0.2) is 4.98 Å². The van der Waals surface area contributed by atoms with E-state index >= 15 is 0 Å². The van der Waals surface area contributed by atoms with Crippen LogP contribution < -0.4 is 0 Å². The van der Waals surface area contributed by atoms with Crippen LogP contribution in [0.25, 0.3) is 12.2 Å². The molecule has 0 atom stereocenters. The Kier molecular flexibility index (Phi) is 4.82. The zero-order valence-electron chi connectivity index (χ0n) is 9.83. The third-order valence-corrected chi connectivity index (χ3v) is 2.30. The number of hydrogen-bond acceptors (Lipinski definition) is 1. The number of fused-ring (bicyclic) bond motifs is 1. The zero-order chi connectivity index (χ0) is 11.1. The van der Waals surface area contributed by atoms with E-state index in [1.165, 1.54) is 16.8 Å².